The highest BCUT2D eigenvalue weighted by molar-refractivity contribution is 7.99. The van der Waals surface area contributed by atoms with Crippen LogP contribution in [0.2, 0.25) is 0 Å². The Bertz CT molecular complexity index is 179. The molecule has 0 amide bonds. The standard InChI is InChI=1S/C8H16O5S/c1-2-14-3-4-5(9)6(10)7(11)8(12)13-4/h4-12H,2-3H2,1H3. The van der Waals surface area contributed by atoms with E-state index in [-0.39, 0.29) is 0 Å². The zero-order chi connectivity index (χ0) is 10.7. The first-order valence-corrected chi connectivity index (χ1v) is 5.68. The SMILES string of the molecule is CCSCC1OC(O)C(O)C(O)C1O. The van der Waals surface area contributed by atoms with Gasteiger partial charge in [0.1, 0.15) is 18.3 Å². The lowest BCUT2D eigenvalue weighted by Gasteiger charge is -2.38. The zero-order valence-electron chi connectivity index (χ0n) is 7.91. The average Bonchev–Trinajstić information content (AvgIpc) is 2.18. The summed E-state index contributed by atoms with van der Waals surface area (Å²) in [5.74, 6) is 1.35. The first kappa shape index (κ1) is 12.2. The molecule has 0 aliphatic carbocycles. The molecular weight excluding hydrogens is 208 g/mol. The number of rotatable bonds is 3. The van der Waals surface area contributed by atoms with Gasteiger partial charge in [0, 0.05) is 5.75 Å². The smallest absolute Gasteiger partial charge is 0.183 e. The lowest BCUT2D eigenvalue weighted by molar-refractivity contribution is -0.276. The first-order chi connectivity index (χ1) is 6.57. The normalized spacial score (nSPS) is 43.9. The van der Waals surface area contributed by atoms with Crippen molar-refractivity contribution < 1.29 is 25.2 Å². The van der Waals surface area contributed by atoms with Gasteiger partial charge in [-0.05, 0) is 5.75 Å². The minimum absolute atomic E-state index is 0.485. The third kappa shape index (κ3) is 2.59. The summed E-state index contributed by atoms with van der Waals surface area (Å²) in [5.41, 5.74) is 0. The molecule has 1 saturated heterocycles. The van der Waals surface area contributed by atoms with Gasteiger partial charge >= 0.3 is 0 Å². The van der Waals surface area contributed by atoms with Crippen molar-refractivity contribution in [1.29, 1.82) is 0 Å². The Morgan fingerprint density at radius 2 is 1.71 bits per heavy atom. The summed E-state index contributed by atoms with van der Waals surface area (Å²) in [4.78, 5) is 0. The van der Waals surface area contributed by atoms with Gasteiger partial charge in [0.25, 0.3) is 0 Å². The maximum atomic E-state index is 9.49. The van der Waals surface area contributed by atoms with Crippen LogP contribution >= 0.6 is 11.8 Å². The third-order valence-corrected chi connectivity index (χ3v) is 3.15. The van der Waals surface area contributed by atoms with Gasteiger partial charge in [0.15, 0.2) is 6.29 Å². The molecule has 1 aliphatic rings. The van der Waals surface area contributed by atoms with Crippen molar-refractivity contribution in [2.24, 2.45) is 0 Å². The van der Waals surface area contributed by atoms with E-state index in [1.54, 1.807) is 0 Å². The molecule has 6 heteroatoms. The van der Waals surface area contributed by atoms with Gasteiger partial charge in [-0.1, -0.05) is 6.92 Å². The quantitative estimate of drug-likeness (QED) is 0.468. The second-order valence-corrected chi connectivity index (χ2v) is 4.52. The minimum atomic E-state index is -1.44. The molecule has 0 saturated carbocycles. The topological polar surface area (TPSA) is 90.2 Å². The molecular formula is C8H16O5S. The number of hydrogen-bond acceptors (Lipinski definition) is 6. The molecule has 4 N–H and O–H groups in total. The lowest BCUT2D eigenvalue weighted by Crippen LogP contribution is -2.58. The van der Waals surface area contributed by atoms with Crippen molar-refractivity contribution in [2.75, 3.05) is 11.5 Å². The highest BCUT2D eigenvalue weighted by Gasteiger charge is 2.42. The Morgan fingerprint density at radius 1 is 1.07 bits per heavy atom. The number of aliphatic hydroxyl groups excluding tert-OH is 4. The van der Waals surface area contributed by atoms with Crippen molar-refractivity contribution in [3.63, 3.8) is 0 Å². The minimum Gasteiger partial charge on any atom is -0.388 e. The van der Waals surface area contributed by atoms with Gasteiger partial charge in [0.2, 0.25) is 0 Å². The zero-order valence-corrected chi connectivity index (χ0v) is 8.72. The van der Waals surface area contributed by atoms with Crippen LogP contribution in [0.3, 0.4) is 0 Å². The van der Waals surface area contributed by atoms with Gasteiger partial charge in [-0.25, -0.2) is 0 Å². The number of ether oxygens (including phenoxy) is 1. The van der Waals surface area contributed by atoms with Crippen LogP contribution in [0.5, 0.6) is 0 Å². The summed E-state index contributed by atoms with van der Waals surface area (Å²) in [5, 5.41) is 37.2. The van der Waals surface area contributed by atoms with Crippen molar-refractivity contribution in [2.45, 2.75) is 37.6 Å². The van der Waals surface area contributed by atoms with Crippen molar-refractivity contribution in [1.82, 2.24) is 0 Å². The van der Waals surface area contributed by atoms with Crippen LogP contribution in [0.25, 0.3) is 0 Å². The Morgan fingerprint density at radius 3 is 2.29 bits per heavy atom. The van der Waals surface area contributed by atoms with E-state index in [4.69, 9.17) is 9.84 Å². The molecule has 1 heterocycles. The van der Waals surface area contributed by atoms with E-state index in [2.05, 4.69) is 0 Å². The van der Waals surface area contributed by atoms with Crippen LogP contribution in [-0.2, 0) is 4.74 Å². The summed E-state index contributed by atoms with van der Waals surface area (Å²) in [6.45, 7) is 1.96. The fourth-order valence-electron chi connectivity index (χ4n) is 1.30. The van der Waals surface area contributed by atoms with Crippen LogP contribution in [0, 0.1) is 0 Å². The molecule has 0 spiro atoms. The molecule has 84 valence electrons. The average molecular weight is 224 g/mol. The summed E-state index contributed by atoms with van der Waals surface area (Å²) in [6.07, 6.45) is -5.98. The Kier molecular flexibility index (Phi) is 4.62. The number of hydrogen-bond donors (Lipinski definition) is 4. The molecule has 14 heavy (non-hydrogen) atoms. The Balaban J connectivity index is 2.52. The van der Waals surface area contributed by atoms with Crippen LogP contribution in [0.4, 0.5) is 0 Å². The molecule has 1 fully saturated rings. The van der Waals surface area contributed by atoms with Gasteiger partial charge in [0.05, 0.1) is 6.10 Å². The molecule has 0 aromatic heterocycles. The van der Waals surface area contributed by atoms with Crippen molar-refractivity contribution in [3.8, 4) is 0 Å². The van der Waals surface area contributed by atoms with Crippen LogP contribution in [0.1, 0.15) is 6.92 Å². The van der Waals surface area contributed by atoms with Gasteiger partial charge in [-0.2, -0.15) is 11.8 Å². The maximum absolute atomic E-state index is 9.49. The highest BCUT2D eigenvalue weighted by atomic mass is 32.2. The summed E-state index contributed by atoms with van der Waals surface area (Å²) in [7, 11) is 0. The molecule has 5 unspecified atom stereocenters. The summed E-state index contributed by atoms with van der Waals surface area (Å²) in [6, 6.07) is 0. The van der Waals surface area contributed by atoms with Crippen molar-refractivity contribution in [3.05, 3.63) is 0 Å². The molecule has 0 bridgehead atoms. The fraction of sp³-hybridized carbons (Fsp3) is 1.00. The van der Waals surface area contributed by atoms with E-state index in [1.807, 2.05) is 6.92 Å². The van der Waals surface area contributed by atoms with Crippen LogP contribution in [0.15, 0.2) is 0 Å². The van der Waals surface area contributed by atoms with Crippen molar-refractivity contribution >= 4 is 11.8 Å². The molecule has 0 aromatic rings. The van der Waals surface area contributed by atoms with E-state index in [0.717, 1.165) is 5.75 Å². The maximum Gasteiger partial charge on any atom is 0.183 e. The molecule has 0 aromatic carbocycles. The molecule has 1 rings (SSSR count). The molecule has 1 aliphatic heterocycles. The molecule has 5 atom stereocenters. The third-order valence-electron chi connectivity index (χ3n) is 2.17. The van der Waals surface area contributed by atoms with Gasteiger partial charge < -0.3 is 25.2 Å². The van der Waals surface area contributed by atoms with Gasteiger partial charge in [-0.3, -0.25) is 0 Å². The highest BCUT2D eigenvalue weighted by Crippen LogP contribution is 2.22. The van der Waals surface area contributed by atoms with Crippen LogP contribution in [-0.4, -0.2) is 62.6 Å². The van der Waals surface area contributed by atoms with E-state index >= 15 is 0 Å². The number of aliphatic hydroxyl groups is 4. The molecule has 0 radical (unpaired) electrons. The van der Waals surface area contributed by atoms with E-state index in [1.165, 1.54) is 11.8 Å². The lowest BCUT2D eigenvalue weighted by atomic mass is 10.0. The predicted octanol–water partition coefficient (Wildman–Crippen LogP) is -1.46. The Hall–Kier alpha value is 0.150. The predicted molar refractivity (Wildman–Crippen MR) is 51.9 cm³/mol. The largest absolute Gasteiger partial charge is 0.388 e. The van der Waals surface area contributed by atoms with Gasteiger partial charge in [-0.15, -0.1) is 0 Å². The summed E-state index contributed by atoms with van der Waals surface area (Å²) < 4.78 is 4.96. The van der Waals surface area contributed by atoms with E-state index in [0.29, 0.717) is 5.75 Å². The Labute approximate surface area is 86.7 Å². The van der Waals surface area contributed by atoms with Crippen LogP contribution < -0.4 is 0 Å². The fourth-order valence-corrected chi connectivity index (χ4v) is 2.05. The summed E-state index contributed by atoms with van der Waals surface area (Å²) >= 11 is 1.53. The number of thioether (sulfide) groups is 1. The monoisotopic (exact) mass is 224 g/mol. The molecule has 5 nitrogen and oxygen atoms in total. The second-order valence-electron chi connectivity index (χ2n) is 3.20. The first-order valence-electron chi connectivity index (χ1n) is 4.53. The van der Waals surface area contributed by atoms with E-state index < -0.39 is 30.7 Å². The second kappa shape index (κ2) is 5.29. The van der Waals surface area contributed by atoms with E-state index in [9.17, 15) is 15.3 Å².